The highest BCUT2D eigenvalue weighted by molar-refractivity contribution is 6.04. The molecule has 1 atom stereocenters. The van der Waals surface area contributed by atoms with Crippen molar-refractivity contribution in [3.8, 4) is 0 Å². The van der Waals surface area contributed by atoms with Crippen LogP contribution in [0.4, 0.5) is 0 Å². The fourth-order valence-corrected chi connectivity index (χ4v) is 2.92. The molecule has 0 amide bonds. The van der Waals surface area contributed by atoms with Crippen LogP contribution in [0.3, 0.4) is 0 Å². The second kappa shape index (κ2) is 7.06. The second-order valence-corrected chi connectivity index (χ2v) is 6.12. The van der Waals surface area contributed by atoms with E-state index >= 15 is 0 Å². The van der Waals surface area contributed by atoms with Crippen LogP contribution in [-0.4, -0.2) is 45.3 Å². The lowest BCUT2D eigenvalue weighted by Crippen LogP contribution is -2.25. The number of rotatable bonds is 5. The highest BCUT2D eigenvalue weighted by atomic mass is 16.5. The molecule has 0 spiro atoms. The minimum Gasteiger partial charge on any atom is -0.465 e. The maximum atomic E-state index is 12.7. The summed E-state index contributed by atoms with van der Waals surface area (Å²) in [6, 6.07) is 5.37. The Kier molecular flexibility index (Phi) is 4.81. The first-order valence-electron chi connectivity index (χ1n) is 8.30. The van der Waals surface area contributed by atoms with Crippen molar-refractivity contribution >= 4 is 23.4 Å². The monoisotopic (exact) mass is 369 g/mol. The topological polar surface area (TPSA) is 103 Å². The molecule has 3 aromatic rings. The number of fused-ring (bicyclic) bond motifs is 1. The first-order chi connectivity index (χ1) is 12.8. The Bertz CT molecular complexity index is 1010. The van der Waals surface area contributed by atoms with Gasteiger partial charge in [0.1, 0.15) is 5.65 Å². The SMILES string of the molecule is COC(=O)c1c(C)[nH]c(C(=O)C(C)OC(=O)c2cn3ccccc3n2)c1C. The molecule has 8 heteroatoms. The number of aromatic amines is 1. The van der Waals surface area contributed by atoms with Crippen molar-refractivity contribution in [2.24, 2.45) is 0 Å². The molecule has 1 N–H and O–H groups in total. The van der Waals surface area contributed by atoms with Gasteiger partial charge in [0.15, 0.2) is 11.8 Å². The van der Waals surface area contributed by atoms with Gasteiger partial charge in [-0.05, 0) is 38.5 Å². The van der Waals surface area contributed by atoms with Crippen LogP contribution in [0.1, 0.15) is 49.5 Å². The Balaban J connectivity index is 1.79. The number of carbonyl (C=O) groups is 3. The molecule has 0 bridgehead atoms. The van der Waals surface area contributed by atoms with Gasteiger partial charge >= 0.3 is 11.9 Å². The summed E-state index contributed by atoms with van der Waals surface area (Å²) in [7, 11) is 1.27. The van der Waals surface area contributed by atoms with Crippen molar-refractivity contribution in [2.45, 2.75) is 26.9 Å². The summed E-state index contributed by atoms with van der Waals surface area (Å²) < 4.78 is 11.7. The molecule has 0 aliphatic rings. The molecule has 0 aliphatic heterocycles. The molecule has 0 fully saturated rings. The summed E-state index contributed by atoms with van der Waals surface area (Å²) in [5, 5.41) is 0. The maximum Gasteiger partial charge on any atom is 0.359 e. The number of ether oxygens (including phenoxy) is 2. The van der Waals surface area contributed by atoms with Gasteiger partial charge in [0.2, 0.25) is 5.78 Å². The number of carbonyl (C=O) groups excluding carboxylic acids is 3. The minimum atomic E-state index is -1.05. The molecule has 3 heterocycles. The number of ketones is 1. The van der Waals surface area contributed by atoms with Crippen molar-refractivity contribution in [2.75, 3.05) is 7.11 Å². The van der Waals surface area contributed by atoms with Gasteiger partial charge < -0.3 is 18.9 Å². The second-order valence-electron chi connectivity index (χ2n) is 6.12. The first kappa shape index (κ1) is 18.4. The Morgan fingerprint density at radius 3 is 2.59 bits per heavy atom. The van der Waals surface area contributed by atoms with Crippen LogP contribution >= 0.6 is 0 Å². The van der Waals surface area contributed by atoms with Gasteiger partial charge in [0.05, 0.1) is 18.4 Å². The molecule has 3 aromatic heterocycles. The van der Waals surface area contributed by atoms with Crippen LogP contribution in [0.15, 0.2) is 30.6 Å². The first-order valence-corrected chi connectivity index (χ1v) is 8.30. The third kappa shape index (κ3) is 3.33. The third-order valence-corrected chi connectivity index (χ3v) is 4.30. The molecule has 0 radical (unpaired) electrons. The number of aromatic nitrogens is 3. The molecule has 1 unspecified atom stereocenters. The molecule has 0 saturated heterocycles. The van der Waals surface area contributed by atoms with Gasteiger partial charge in [-0.1, -0.05) is 6.07 Å². The van der Waals surface area contributed by atoms with Crippen LogP contribution in [0.25, 0.3) is 5.65 Å². The van der Waals surface area contributed by atoms with Crippen LogP contribution in [0.2, 0.25) is 0 Å². The fourth-order valence-electron chi connectivity index (χ4n) is 2.92. The van der Waals surface area contributed by atoms with Gasteiger partial charge in [0, 0.05) is 18.1 Å². The lowest BCUT2D eigenvalue weighted by molar-refractivity contribution is 0.0311. The number of H-pyrrole nitrogens is 1. The predicted octanol–water partition coefficient (Wildman–Crippen LogP) is 2.49. The number of esters is 2. The van der Waals surface area contributed by atoms with Gasteiger partial charge in [-0.2, -0.15) is 0 Å². The number of Topliss-reactive ketones (excluding diaryl/α,β-unsaturated/α-hetero) is 1. The fraction of sp³-hybridized carbons (Fsp3) is 0.263. The minimum absolute atomic E-state index is 0.107. The largest absolute Gasteiger partial charge is 0.465 e. The number of nitrogens with one attached hydrogen (secondary N) is 1. The van der Waals surface area contributed by atoms with Gasteiger partial charge in [-0.25, -0.2) is 14.6 Å². The number of pyridine rings is 1. The Morgan fingerprint density at radius 2 is 1.93 bits per heavy atom. The van der Waals surface area contributed by atoms with Crippen molar-refractivity contribution in [1.29, 1.82) is 0 Å². The summed E-state index contributed by atoms with van der Waals surface area (Å²) in [5.41, 5.74) is 2.20. The van der Waals surface area contributed by atoms with Crippen LogP contribution in [0.5, 0.6) is 0 Å². The maximum absolute atomic E-state index is 12.7. The Labute approximate surface area is 155 Å². The number of hydrogen-bond donors (Lipinski definition) is 1. The number of methoxy groups -OCH3 is 1. The van der Waals surface area contributed by atoms with Crippen molar-refractivity contribution in [3.63, 3.8) is 0 Å². The van der Waals surface area contributed by atoms with E-state index in [4.69, 9.17) is 9.47 Å². The van der Waals surface area contributed by atoms with Crippen molar-refractivity contribution in [1.82, 2.24) is 14.4 Å². The third-order valence-electron chi connectivity index (χ3n) is 4.30. The average molecular weight is 369 g/mol. The van der Waals surface area contributed by atoms with E-state index in [9.17, 15) is 14.4 Å². The molecule has 3 rings (SSSR count). The van der Waals surface area contributed by atoms with Crippen LogP contribution < -0.4 is 0 Å². The highest BCUT2D eigenvalue weighted by Gasteiger charge is 2.28. The molecule has 8 nitrogen and oxygen atoms in total. The average Bonchev–Trinajstić information content (AvgIpc) is 3.21. The summed E-state index contributed by atoms with van der Waals surface area (Å²) >= 11 is 0. The number of nitrogens with zero attached hydrogens (tertiary/aromatic N) is 2. The van der Waals surface area contributed by atoms with Gasteiger partial charge in [-0.15, -0.1) is 0 Å². The zero-order valence-corrected chi connectivity index (χ0v) is 15.4. The standard InChI is InChI=1S/C19H19N3O5/c1-10-15(19(25)26-4)11(2)20-16(10)17(23)12(3)27-18(24)13-9-22-8-6-5-7-14(22)21-13/h5-9,12,20H,1-4H3. The van der Waals surface area contributed by atoms with E-state index in [-0.39, 0.29) is 11.4 Å². The Morgan fingerprint density at radius 1 is 1.19 bits per heavy atom. The lowest BCUT2D eigenvalue weighted by Gasteiger charge is -2.11. The highest BCUT2D eigenvalue weighted by Crippen LogP contribution is 2.21. The zero-order valence-electron chi connectivity index (χ0n) is 15.4. The summed E-state index contributed by atoms with van der Waals surface area (Å²) in [6.07, 6.45) is 2.24. The lowest BCUT2D eigenvalue weighted by atomic mass is 10.1. The van der Waals surface area contributed by atoms with Crippen LogP contribution in [0, 0.1) is 13.8 Å². The molecule has 0 saturated carbocycles. The predicted molar refractivity (Wildman–Crippen MR) is 96.0 cm³/mol. The van der Waals surface area contributed by atoms with E-state index in [1.54, 1.807) is 36.6 Å². The van der Waals surface area contributed by atoms with Crippen molar-refractivity contribution < 1.29 is 23.9 Å². The molecule has 27 heavy (non-hydrogen) atoms. The molecule has 140 valence electrons. The van der Waals surface area contributed by atoms with Crippen molar-refractivity contribution in [3.05, 3.63) is 58.8 Å². The van der Waals surface area contributed by atoms with E-state index in [2.05, 4.69) is 9.97 Å². The summed E-state index contributed by atoms with van der Waals surface area (Å²) in [5.74, 6) is -1.67. The van der Waals surface area contributed by atoms with E-state index in [0.717, 1.165) is 0 Å². The molecule has 0 aromatic carbocycles. The number of imidazole rings is 1. The van der Waals surface area contributed by atoms with E-state index < -0.39 is 23.8 Å². The molecular weight excluding hydrogens is 350 g/mol. The van der Waals surface area contributed by atoms with E-state index in [1.807, 2.05) is 6.07 Å². The summed E-state index contributed by atoms with van der Waals surface area (Å²) in [6.45, 7) is 4.78. The number of hydrogen-bond acceptors (Lipinski definition) is 6. The smallest absolute Gasteiger partial charge is 0.359 e. The van der Waals surface area contributed by atoms with Crippen LogP contribution in [-0.2, 0) is 9.47 Å². The summed E-state index contributed by atoms with van der Waals surface area (Å²) in [4.78, 5) is 43.9. The van der Waals surface area contributed by atoms with Gasteiger partial charge in [-0.3, -0.25) is 4.79 Å². The number of aryl methyl sites for hydroxylation is 1. The zero-order chi connectivity index (χ0) is 19.7. The Hall–Kier alpha value is -3.42. The molecular formula is C19H19N3O5. The molecule has 0 aliphatic carbocycles. The normalized spacial score (nSPS) is 12.0. The van der Waals surface area contributed by atoms with Gasteiger partial charge in [0.25, 0.3) is 0 Å². The van der Waals surface area contributed by atoms with E-state index in [1.165, 1.54) is 20.2 Å². The van der Waals surface area contributed by atoms with E-state index in [0.29, 0.717) is 22.5 Å². The quantitative estimate of drug-likeness (QED) is 0.547.